The zero-order valence-electron chi connectivity index (χ0n) is 8.07. The van der Waals surface area contributed by atoms with E-state index in [1.807, 2.05) is 0 Å². The molecule has 0 aliphatic rings. The van der Waals surface area contributed by atoms with Crippen LogP contribution in [0, 0.1) is 0 Å². The van der Waals surface area contributed by atoms with Crippen molar-refractivity contribution in [1.82, 2.24) is 9.61 Å². The van der Waals surface area contributed by atoms with Crippen LogP contribution in [-0.2, 0) is 9.59 Å². The maximum atomic E-state index is 10.8. The second-order valence-electron chi connectivity index (χ2n) is 3.27. The van der Waals surface area contributed by atoms with E-state index in [9.17, 15) is 9.59 Å². The lowest BCUT2D eigenvalue weighted by Gasteiger charge is -2.07. The molecule has 2 heterocycles. The minimum Gasteiger partial charge on any atom is -0.480 e. The average molecular weight is 220 g/mol. The zero-order valence-corrected chi connectivity index (χ0v) is 8.07. The van der Waals surface area contributed by atoms with Crippen LogP contribution in [0.3, 0.4) is 0 Å². The van der Waals surface area contributed by atoms with Crippen LogP contribution in [0.2, 0.25) is 0 Å². The molecular weight excluding hydrogens is 212 g/mol. The molecule has 0 saturated heterocycles. The zero-order chi connectivity index (χ0) is 11.7. The molecule has 0 amide bonds. The van der Waals surface area contributed by atoms with Crippen molar-refractivity contribution in [1.29, 1.82) is 0 Å². The summed E-state index contributed by atoms with van der Waals surface area (Å²) in [4.78, 5) is 21.6. The minimum atomic E-state index is -1.54. The predicted molar refractivity (Wildman–Crippen MR) is 53.2 cm³/mol. The van der Waals surface area contributed by atoms with Crippen LogP contribution >= 0.6 is 0 Å². The van der Waals surface area contributed by atoms with Gasteiger partial charge in [-0.3, -0.25) is 9.59 Å². The number of pyridine rings is 1. The highest BCUT2D eigenvalue weighted by Crippen LogP contribution is 2.18. The van der Waals surface area contributed by atoms with Gasteiger partial charge in [0.25, 0.3) is 0 Å². The minimum absolute atomic E-state index is 0.230. The quantitative estimate of drug-likeness (QED) is 0.738. The largest absolute Gasteiger partial charge is 0.480 e. The van der Waals surface area contributed by atoms with Gasteiger partial charge >= 0.3 is 11.9 Å². The van der Waals surface area contributed by atoms with Gasteiger partial charge in [-0.25, -0.2) is 4.52 Å². The summed E-state index contributed by atoms with van der Waals surface area (Å²) in [6.45, 7) is 0. The molecule has 82 valence electrons. The third-order valence-corrected chi connectivity index (χ3v) is 2.25. The molecule has 0 bridgehead atoms. The molecule has 0 fully saturated rings. The van der Waals surface area contributed by atoms with Crippen LogP contribution in [0.15, 0.2) is 30.6 Å². The molecule has 6 heteroatoms. The molecule has 0 aromatic carbocycles. The number of hydrogen-bond acceptors (Lipinski definition) is 3. The third-order valence-electron chi connectivity index (χ3n) is 2.25. The fraction of sp³-hybridized carbons (Fsp3) is 0.100. The van der Waals surface area contributed by atoms with Crippen LogP contribution in [0.4, 0.5) is 0 Å². The van der Waals surface area contributed by atoms with Crippen molar-refractivity contribution in [3.63, 3.8) is 0 Å². The number of rotatable bonds is 3. The summed E-state index contributed by atoms with van der Waals surface area (Å²) in [5.41, 5.74) is 0.887. The van der Waals surface area contributed by atoms with E-state index in [4.69, 9.17) is 10.2 Å². The van der Waals surface area contributed by atoms with Crippen LogP contribution < -0.4 is 0 Å². The van der Waals surface area contributed by atoms with Gasteiger partial charge in [-0.05, 0) is 23.8 Å². The van der Waals surface area contributed by atoms with E-state index >= 15 is 0 Å². The van der Waals surface area contributed by atoms with E-state index in [1.54, 1.807) is 12.3 Å². The molecule has 6 nitrogen and oxygen atoms in total. The number of aliphatic carboxylic acids is 2. The Bertz CT molecular complexity index is 547. The number of aromatic nitrogens is 2. The normalized spacial score (nSPS) is 10.8. The first kappa shape index (κ1) is 10.2. The second kappa shape index (κ2) is 3.65. The Morgan fingerprint density at radius 2 is 1.94 bits per heavy atom. The lowest BCUT2D eigenvalue weighted by atomic mass is 10.0. The molecule has 2 rings (SSSR count). The van der Waals surface area contributed by atoms with Crippen molar-refractivity contribution >= 4 is 17.5 Å². The van der Waals surface area contributed by atoms with Crippen LogP contribution in [0.1, 0.15) is 11.5 Å². The molecule has 0 spiro atoms. The highest BCUT2D eigenvalue weighted by Gasteiger charge is 2.27. The van der Waals surface area contributed by atoms with Gasteiger partial charge in [-0.15, -0.1) is 0 Å². The molecular formula is C10H8N2O4. The topological polar surface area (TPSA) is 91.9 Å². The highest BCUT2D eigenvalue weighted by molar-refractivity contribution is 5.99. The fourth-order valence-corrected chi connectivity index (χ4v) is 1.51. The van der Waals surface area contributed by atoms with E-state index < -0.39 is 17.9 Å². The molecule has 0 unspecified atom stereocenters. The number of carboxylic acids is 2. The van der Waals surface area contributed by atoms with E-state index in [0.29, 0.717) is 5.52 Å². The standard InChI is InChI=1S/C10H8N2O4/c13-9(14)8(10(15)16)6-2-4-12-7(5-6)1-3-11-12/h1-5,8H,(H,13,14)(H,15,16). The Morgan fingerprint density at radius 1 is 1.25 bits per heavy atom. The first-order valence-electron chi connectivity index (χ1n) is 4.48. The Morgan fingerprint density at radius 3 is 2.56 bits per heavy atom. The Kier molecular flexibility index (Phi) is 2.32. The Balaban J connectivity index is 2.52. The summed E-state index contributed by atoms with van der Waals surface area (Å²) < 4.78 is 1.53. The number of hydrogen-bond donors (Lipinski definition) is 2. The predicted octanol–water partition coefficient (Wildman–Crippen LogP) is 0.587. The maximum Gasteiger partial charge on any atom is 0.322 e. The van der Waals surface area contributed by atoms with Gasteiger partial charge in [0.1, 0.15) is 0 Å². The van der Waals surface area contributed by atoms with E-state index in [-0.39, 0.29) is 5.56 Å². The Hall–Kier alpha value is -2.37. The molecule has 0 radical (unpaired) electrons. The van der Waals surface area contributed by atoms with E-state index in [1.165, 1.54) is 22.8 Å². The first-order chi connectivity index (χ1) is 7.59. The van der Waals surface area contributed by atoms with Gasteiger partial charge < -0.3 is 10.2 Å². The second-order valence-corrected chi connectivity index (χ2v) is 3.27. The highest BCUT2D eigenvalue weighted by atomic mass is 16.4. The Labute approximate surface area is 89.7 Å². The molecule has 2 N–H and O–H groups in total. The summed E-state index contributed by atoms with van der Waals surface area (Å²) in [5, 5.41) is 21.6. The molecule has 16 heavy (non-hydrogen) atoms. The van der Waals surface area contributed by atoms with Crippen molar-refractivity contribution in [3.8, 4) is 0 Å². The molecule has 0 aliphatic carbocycles. The van der Waals surface area contributed by atoms with Crippen molar-refractivity contribution in [2.75, 3.05) is 0 Å². The molecule has 0 aliphatic heterocycles. The summed E-state index contributed by atoms with van der Waals surface area (Å²) in [6.07, 6.45) is 3.08. The number of fused-ring (bicyclic) bond motifs is 1. The van der Waals surface area contributed by atoms with Crippen LogP contribution in [0.5, 0.6) is 0 Å². The molecule has 2 aromatic rings. The summed E-state index contributed by atoms with van der Waals surface area (Å²) in [7, 11) is 0. The third kappa shape index (κ3) is 1.60. The molecule has 0 atom stereocenters. The van der Waals surface area contributed by atoms with E-state index in [0.717, 1.165) is 0 Å². The lowest BCUT2D eigenvalue weighted by Crippen LogP contribution is -2.21. The van der Waals surface area contributed by atoms with Crippen LogP contribution in [-0.4, -0.2) is 31.8 Å². The van der Waals surface area contributed by atoms with Gasteiger partial charge in [-0.2, -0.15) is 5.10 Å². The van der Waals surface area contributed by atoms with Crippen molar-refractivity contribution in [3.05, 3.63) is 36.2 Å². The fourth-order valence-electron chi connectivity index (χ4n) is 1.51. The number of carbonyl (C=O) groups is 2. The molecule has 0 saturated carbocycles. The number of carboxylic acid groups (broad SMARTS) is 2. The van der Waals surface area contributed by atoms with E-state index in [2.05, 4.69) is 5.10 Å². The maximum absolute atomic E-state index is 10.8. The average Bonchev–Trinajstić information content (AvgIpc) is 2.63. The van der Waals surface area contributed by atoms with Crippen LogP contribution in [0.25, 0.3) is 5.52 Å². The van der Waals surface area contributed by atoms with Gasteiger partial charge in [0, 0.05) is 12.4 Å². The molecule has 2 aromatic heterocycles. The monoisotopic (exact) mass is 220 g/mol. The lowest BCUT2D eigenvalue weighted by molar-refractivity contribution is -0.150. The van der Waals surface area contributed by atoms with Gasteiger partial charge in [0.2, 0.25) is 0 Å². The van der Waals surface area contributed by atoms with Gasteiger partial charge in [0.05, 0.1) is 5.52 Å². The number of nitrogens with zero attached hydrogens (tertiary/aromatic N) is 2. The van der Waals surface area contributed by atoms with Crippen molar-refractivity contribution in [2.24, 2.45) is 0 Å². The smallest absolute Gasteiger partial charge is 0.322 e. The summed E-state index contributed by atoms with van der Waals surface area (Å²) in [5.74, 6) is -4.30. The summed E-state index contributed by atoms with van der Waals surface area (Å²) in [6, 6.07) is 4.61. The van der Waals surface area contributed by atoms with Gasteiger partial charge in [-0.1, -0.05) is 0 Å². The summed E-state index contributed by atoms with van der Waals surface area (Å²) >= 11 is 0. The van der Waals surface area contributed by atoms with Crippen molar-refractivity contribution in [2.45, 2.75) is 5.92 Å². The van der Waals surface area contributed by atoms with Gasteiger partial charge in [0.15, 0.2) is 5.92 Å². The van der Waals surface area contributed by atoms with Crippen molar-refractivity contribution < 1.29 is 19.8 Å². The first-order valence-corrected chi connectivity index (χ1v) is 4.48. The SMILES string of the molecule is O=C(O)C(C(=O)O)c1ccn2nccc2c1.